The highest BCUT2D eigenvalue weighted by Gasteiger charge is 2.51. The van der Waals surface area contributed by atoms with Gasteiger partial charge in [-0.2, -0.15) is 0 Å². The Kier molecular flexibility index (Phi) is 7.52. The number of ether oxygens (including phenoxy) is 3. The van der Waals surface area contributed by atoms with Crippen molar-refractivity contribution in [1.29, 1.82) is 0 Å². The molecule has 2 saturated carbocycles. The minimum atomic E-state index is -1.57. The highest BCUT2D eigenvalue weighted by molar-refractivity contribution is 5.83. The predicted molar refractivity (Wildman–Crippen MR) is 105 cm³/mol. The lowest BCUT2D eigenvalue weighted by Gasteiger charge is -2.47. The summed E-state index contributed by atoms with van der Waals surface area (Å²) in [6.45, 7) is -0.579. The monoisotopic (exact) mass is 462 g/mol. The molecule has 0 aromatic rings. The van der Waals surface area contributed by atoms with Crippen LogP contribution in [0.5, 0.6) is 0 Å². The summed E-state index contributed by atoms with van der Waals surface area (Å²) in [5.74, 6) is -0.882. The standard InChI is InChI=1S/C21H34O11/c22-7-16-18(27)19(28)20(29)21(32-16)30-9-4-12(25)17-13(26)6-14(31-15(17)5-9)8-1-2-10(23)11(24)3-8/h8-12,14-25,27-29H,1-7H2/t8?,9?,10?,11?,12?,14?,15?,16-,17?,18-,19+,20-,21-/m1/s1. The fourth-order valence-electron chi connectivity index (χ4n) is 5.59. The molecule has 0 spiro atoms. The Hall–Kier alpha value is -0.730. The molecule has 2 heterocycles. The van der Waals surface area contributed by atoms with Gasteiger partial charge in [-0.3, -0.25) is 4.79 Å². The summed E-state index contributed by atoms with van der Waals surface area (Å²) < 4.78 is 17.4. The van der Waals surface area contributed by atoms with Gasteiger partial charge in [0.1, 0.15) is 30.2 Å². The molecule has 11 heteroatoms. The SMILES string of the molecule is O=C1CC(C2CCC(O)C(O)C2)OC2CC(O[C@@H]3O[C@H](CO)[C@@H](O)[C@H](O)[C@H]3O)CC(O)C12. The molecule has 0 bridgehead atoms. The number of hydrogen-bond acceptors (Lipinski definition) is 11. The van der Waals surface area contributed by atoms with Crippen molar-refractivity contribution >= 4 is 5.78 Å². The molecule has 4 rings (SSSR count). The Morgan fingerprint density at radius 2 is 1.56 bits per heavy atom. The molecule has 13 atom stereocenters. The van der Waals surface area contributed by atoms with Gasteiger partial charge in [-0.05, 0) is 25.2 Å². The maximum absolute atomic E-state index is 12.8. The highest BCUT2D eigenvalue weighted by atomic mass is 16.7. The van der Waals surface area contributed by atoms with Crippen LogP contribution >= 0.6 is 0 Å². The molecule has 184 valence electrons. The van der Waals surface area contributed by atoms with Crippen LogP contribution in [0.4, 0.5) is 0 Å². The van der Waals surface area contributed by atoms with Gasteiger partial charge in [0.2, 0.25) is 0 Å². The molecule has 0 amide bonds. The maximum Gasteiger partial charge on any atom is 0.186 e. The van der Waals surface area contributed by atoms with Gasteiger partial charge < -0.3 is 50.0 Å². The van der Waals surface area contributed by atoms with E-state index in [9.17, 15) is 40.5 Å². The third-order valence-electron chi connectivity index (χ3n) is 7.46. The van der Waals surface area contributed by atoms with Crippen molar-refractivity contribution in [2.75, 3.05) is 6.61 Å². The van der Waals surface area contributed by atoms with Gasteiger partial charge in [0.15, 0.2) is 6.29 Å². The molecule has 4 aliphatic rings. The summed E-state index contributed by atoms with van der Waals surface area (Å²) in [6.07, 6.45) is -9.53. The van der Waals surface area contributed by atoms with E-state index in [0.717, 1.165) is 0 Å². The highest BCUT2D eigenvalue weighted by Crippen LogP contribution is 2.41. The molecule has 32 heavy (non-hydrogen) atoms. The first-order valence-electron chi connectivity index (χ1n) is 11.4. The lowest BCUT2D eigenvalue weighted by molar-refractivity contribution is -0.318. The normalized spacial score (nSPS) is 52.5. The third kappa shape index (κ3) is 4.74. The van der Waals surface area contributed by atoms with Gasteiger partial charge in [-0.15, -0.1) is 0 Å². The molecule has 2 aliphatic heterocycles. The summed E-state index contributed by atoms with van der Waals surface area (Å²) in [7, 11) is 0. The number of aliphatic hydroxyl groups excluding tert-OH is 7. The maximum atomic E-state index is 12.8. The van der Waals surface area contributed by atoms with Crippen LogP contribution < -0.4 is 0 Å². The molecule has 2 saturated heterocycles. The Labute approximate surface area is 185 Å². The largest absolute Gasteiger partial charge is 0.394 e. The summed E-state index contributed by atoms with van der Waals surface area (Å²) in [5.41, 5.74) is 0. The van der Waals surface area contributed by atoms with Crippen molar-refractivity contribution in [2.24, 2.45) is 11.8 Å². The summed E-state index contributed by atoms with van der Waals surface area (Å²) in [4.78, 5) is 12.8. The van der Waals surface area contributed by atoms with Crippen molar-refractivity contribution < 1.29 is 54.8 Å². The summed E-state index contributed by atoms with van der Waals surface area (Å²) in [6, 6.07) is 0. The number of hydrogen-bond donors (Lipinski definition) is 7. The van der Waals surface area contributed by atoms with Gasteiger partial charge in [0.05, 0.1) is 49.1 Å². The molecule has 4 fully saturated rings. The first-order valence-corrected chi connectivity index (χ1v) is 11.4. The molecule has 0 aromatic carbocycles. The van der Waals surface area contributed by atoms with E-state index in [2.05, 4.69) is 0 Å². The van der Waals surface area contributed by atoms with Crippen molar-refractivity contribution in [3.63, 3.8) is 0 Å². The Bertz CT molecular complexity index is 660. The number of Topliss-reactive ketones (excluding diaryl/α,β-unsaturated/α-hetero) is 1. The minimum Gasteiger partial charge on any atom is -0.394 e. The lowest BCUT2D eigenvalue weighted by Crippen LogP contribution is -2.61. The first-order chi connectivity index (χ1) is 15.2. The molecule has 0 radical (unpaired) electrons. The van der Waals surface area contributed by atoms with Crippen LogP contribution in [0.2, 0.25) is 0 Å². The van der Waals surface area contributed by atoms with Gasteiger partial charge in [0, 0.05) is 19.3 Å². The Morgan fingerprint density at radius 3 is 2.25 bits per heavy atom. The average molecular weight is 462 g/mol. The van der Waals surface area contributed by atoms with E-state index in [0.29, 0.717) is 19.3 Å². The summed E-state index contributed by atoms with van der Waals surface area (Å²) >= 11 is 0. The zero-order valence-corrected chi connectivity index (χ0v) is 17.7. The fraction of sp³-hybridized carbons (Fsp3) is 0.952. The predicted octanol–water partition coefficient (Wildman–Crippen LogP) is -2.81. The topological polar surface area (TPSA) is 186 Å². The molecule has 11 nitrogen and oxygen atoms in total. The van der Waals surface area contributed by atoms with Gasteiger partial charge in [-0.25, -0.2) is 0 Å². The number of carbonyl (C=O) groups excluding carboxylic acids is 1. The lowest BCUT2D eigenvalue weighted by atomic mass is 9.73. The van der Waals surface area contributed by atoms with Crippen LogP contribution in [-0.2, 0) is 19.0 Å². The number of fused-ring (bicyclic) bond motifs is 1. The van der Waals surface area contributed by atoms with E-state index in [1.807, 2.05) is 0 Å². The average Bonchev–Trinajstić information content (AvgIpc) is 2.75. The zero-order chi connectivity index (χ0) is 23.2. The molecule has 7 N–H and O–H groups in total. The van der Waals surface area contributed by atoms with Crippen molar-refractivity contribution in [2.45, 2.75) is 106 Å². The Balaban J connectivity index is 1.41. The molecule has 0 aromatic heterocycles. The number of rotatable bonds is 4. The zero-order valence-electron chi connectivity index (χ0n) is 17.7. The molecular weight excluding hydrogens is 428 g/mol. The van der Waals surface area contributed by atoms with Gasteiger partial charge >= 0.3 is 0 Å². The minimum absolute atomic E-state index is 0.0813. The number of aliphatic hydroxyl groups is 7. The van der Waals surface area contributed by atoms with Crippen LogP contribution in [0.1, 0.15) is 38.5 Å². The van der Waals surface area contributed by atoms with Crippen LogP contribution in [0, 0.1) is 11.8 Å². The Morgan fingerprint density at radius 1 is 0.812 bits per heavy atom. The van der Waals surface area contributed by atoms with E-state index >= 15 is 0 Å². The summed E-state index contributed by atoms with van der Waals surface area (Å²) in [5, 5.41) is 69.8. The first kappa shape index (κ1) is 24.4. The molecular formula is C21H34O11. The van der Waals surface area contributed by atoms with Crippen LogP contribution in [0.15, 0.2) is 0 Å². The van der Waals surface area contributed by atoms with E-state index < -0.39 is 79.9 Å². The van der Waals surface area contributed by atoms with E-state index in [1.54, 1.807) is 0 Å². The second-order valence-electron chi connectivity index (χ2n) is 9.61. The van der Waals surface area contributed by atoms with Gasteiger partial charge in [-0.1, -0.05) is 0 Å². The fourth-order valence-corrected chi connectivity index (χ4v) is 5.59. The second kappa shape index (κ2) is 9.87. The van der Waals surface area contributed by atoms with Crippen LogP contribution in [0.3, 0.4) is 0 Å². The smallest absolute Gasteiger partial charge is 0.186 e. The third-order valence-corrected chi connectivity index (χ3v) is 7.46. The van der Waals surface area contributed by atoms with Crippen molar-refractivity contribution in [3.8, 4) is 0 Å². The van der Waals surface area contributed by atoms with E-state index in [-0.39, 0.29) is 31.0 Å². The van der Waals surface area contributed by atoms with Gasteiger partial charge in [0.25, 0.3) is 0 Å². The van der Waals surface area contributed by atoms with Crippen molar-refractivity contribution in [1.82, 2.24) is 0 Å². The van der Waals surface area contributed by atoms with Crippen molar-refractivity contribution in [3.05, 3.63) is 0 Å². The molecule has 8 unspecified atom stereocenters. The number of carbonyl (C=O) groups is 1. The van der Waals surface area contributed by atoms with Crippen LogP contribution in [0.25, 0.3) is 0 Å². The second-order valence-corrected chi connectivity index (χ2v) is 9.61. The molecule has 2 aliphatic carbocycles. The van der Waals surface area contributed by atoms with E-state index in [4.69, 9.17) is 14.2 Å². The van der Waals surface area contributed by atoms with E-state index in [1.165, 1.54) is 0 Å². The quantitative estimate of drug-likeness (QED) is 0.229. The number of ketones is 1. The van der Waals surface area contributed by atoms with Crippen LogP contribution in [-0.4, -0.2) is 115 Å².